The number of H-pyrrole nitrogens is 1. The van der Waals surface area contributed by atoms with Crippen LogP contribution in [0.3, 0.4) is 0 Å². The van der Waals surface area contributed by atoms with Crippen LogP contribution in [0, 0.1) is 0 Å². The second-order valence-corrected chi connectivity index (χ2v) is 3.65. The standard InChI is InChI=1S/C9H15N3O/c1-12-9(13)5-8(11-12)7-3-2-4-10-6-7/h5,7,10-11H,2-4,6H2,1H3/t7-/m1/s1. The average molecular weight is 181 g/mol. The molecule has 4 heteroatoms. The summed E-state index contributed by atoms with van der Waals surface area (Å²) in [7, 11) is 1.75. The van der Waals surface area contributed by atoms with Gasteiger partial charge in [-0.15, -0.1) is 0 Å². The van der Waals surface area contributed by atoms with Crippen molar-refractivity contribution in [1.29, 1.82) is 0 Å². The highest BCUT2D eigenvalue weighted by molar-refractivity contribution is 5.08. The Morgan fingerprint density at radius 2 is 2.46 bits per heavy atom. The van der Waals surface area contributed by atoms with Gasteiger partial charge in [0.2, 0.25) is 0 Å². The largest absolute Gasteiger partial charge is 0.316 e. The Kier molecular flexibility index (Phi) is 2.22. The van der Waals surface area contributed by atoms with Gasteiger partial charge in [-0.1, -0.05) is 0 Å². The van der Waals surface area contributed by atoms with Crippen LogP contribution in [0.1, 0.15) is 24.5 Å². The van der Waals surface area contributed by atoms with Gasteiger partial charge in [0.05, 0.1) is 0 Å². The van der Waals surface area contributed by atoms with Crippen molar-refractivity contribution in [3.63, 3.8) is 0 Å². The van der Waals surface area contributed by atoms with Crippen molar-refractivity contribution in [1.82, 2.24) is 15.1 Å². The van der Waals surface area contributed by atoms with Crippen molar-refractivity contribution in [3.8, 4) is 0 Å². The van der Waals surface area contributed by atoms with Crippen LogP contribution in [-0.2, 0) is 7.05 Å². The normalized spacial score (nSPS) is 23.3. The molecule has 0 aliphatic carbocycles. The Morgan fingerprint density at radius 3 is 3.00 bits per heavy atom. The number of aromatic nitrogens is 2. The van der Waals surface area contributed by atoms with Crippen LogP contribution in [0.5, 0.6) is 0 Å². The first-order chi connectivity index (χ1) is 6.27. The van der Waals surface area contributed by atoms with E-state index in [1.54, 1.807) is 13.1 Å². The van der Waals surface area contributed by atoms with E-state index in [9.17, 15) is 4.79 Å². The zero-order chi connectivity index (χ0) is 9.26. The van der Waals surface area contributed by atoms with Gasteiger partial charge in [0.25, 0.3) is 5.56 Å². The molecule has 0 amide bonds. The van der Waals surface area contributed by atoms with Gasteiger partial charge >= 0.3 is 0 Å². The van der Waals surface area contributed by atoms with Crippen molar-refractivity contribution >= 4 is 0 Å². The van der Waals surface area contributed by atoms with Crippen molar-refractivity contribution in [2.24, 2.45) is 7.05 Å². The summed E-state index contributed by atoms with van der Waals surface area (Å²) in [6.07, 6.45) is 2.37. The zero-order valence-corrected chi connectivity index (χ0v) is 7.84. The Balaban J connectivity index is 2.19. The minimum absolute atomic E-state index is 0.0561. The number of hydrogen-bond donors (Lipinski definition) is 2. The summed E-state index contributed by atoms with van der Waals surface area (Å²) < 4.78 is 1.53. The molecule has 4 nitrogen and oxygen atoms in total. The monoisotopic (exact) mass is 181 g/mol. The Bertz CT molecular complexity index is 333. The molecule has 2 rings (SSSR count). The summed E-state index contributed by atoms with van der Waals surface area (Å²) in [4.78, 5) is 11.2. The van der Waals surface area contributed by atoms with Crippen molar-refractivity contribution < 1.29 is 0 Å². The van der Waals surface area contributed by atoms with Gasteiger partial charge in [0.1, 0.15) is 0 Å². The van der Waals surface area contributed by atoms with Crippen LogP contribution in [0.2, 0.25) is 0 Å². The Morgan fingerprint density at radius 1 is 1.62 bits per heavy atom. The number of rotatable bonds is 1. The molecule has 1 aromatic heterocycles. The van der Waals surface area contributed by atoms with Gasteiger partial charge in [0, 0.05) is 31.3 Å². The van der Waals surface area contributed by atoms with E-state index in [-0.39, 0.29) is 5.56 Å². The van der Waals surface area contributed by atoms with Gasteiger partial charge < -0.3 is 5.32 Å². The molecule has 0 spiro atoms. The van der Waals surface area contributed by atoms with Gasteiger partial charge in [-0.3, -0.25) is 14.6 Å². The van der Waals surface area contributed by atoms with Crippen molar-refractivity contribution in [3.05, 3.63) is 22.1 Å². The maximum atomic E-state index is 11.2. The van der Waals surface area contributed by atoms with Crippen molar-refractivity contribution in [2.75, 3.05) is 13.1 Å². The van der Waals surface area contributed by atoms with E-state index in [1.165, 1.54) is 17.5 Å². The van der Waals surface area contributed by atoms with Crippen LogP contribution in [0.4, 0.5) is 0 Å². The smallest absolute Gasteiger partial charge is 0.266 e. The van der Waals surface area contributed by atoms with E-state index in [2.05, 4.69) is 10.4 Å². The predicted molar refractivity (Wildman–Crippen MR) is 50.9 cm³/mol. The molecule has 1 aliphatic rings. The number of aryl methyl sites for hydroxylation is 1. The minimum atomic E-state index is 0.0561. The second-order valence-electron chi connectivity index (χ2n) is 3.65. The molecular weight excluding hydrogens is 166 g/mol. The number of piperidine rings is 1. The first kappa shape index (κ1) is 8.56. The molecule has 0 unspecified atom stereocenters. The highest BCUT2D eigenvalue weighted by Gasteiger charge is 2.16. The lowest BCUT2D eigenvalue weighted by molar-refractivity contribution is 0.451. The van der Waals surface area contributed by atoms with E-state index in [0.717, 1.165) is 18.8 Å². The molecule has 13 heavy (non-hydrogen) atoms. The summed E-state index contributed by atoms with van der Waals surface area (Å²) in [5, 5.41) is 6.41. The third kappa shape index (κ3) is 1.67. The number of nitrogens with zero attached hydrogens (tertiary/aromatic N) is 1. The molecule has 2 heterocycles. The lowest BCUT2D eigenvalue weighted by atomic mass is 9.96. The fraction of sp³-hybridized carbons (Fsp3) is 0.667. The molecule has 2 N–H and O–H groups in total. The van der Waals surface area contributed by atoms with E-state index < -0.39 is 0 Å². The third-order valence-electron chi connectivity index (χ3n) is 2.64. The Hall–Kier alpha value is -1.03. The van der Waals surface area contributed by atoms with Gasteiger partial charge in [-0.25, -0.2) is 0 Å². The summed E-state index contributed by atoms with van der Waals surface area (Å²) in [6, 6.07) is 1.71. The molecule has 1 aliphatic heterocycles. The van der Waals surface area contributed by atoms with Crippen LogP contribution in [0.15, 0.2) is 10.9 Å². The van der Waals surface area contributed by atoms with Crippen molar-refractivity contribution in [2.45, 2.75) is 18.8 Å². The SMILES string of the molecule is Cn1[nH]c([C@@H]2CCCNC2)cc1=O. The lowest BCUT2D eigenvalue weighted by Crippen LogP contribution is -2.28. The fourth-order valence-corrected chi connectivity index (χ4v) is 1.84. The van der Waals surface area contributed by atoms with Crippen LogP contribution in [-0.4, -0.2) is 22.9 Å². The second kappa shape index (κ2) is 3.38. The summed E-state index contributed by atoms with van der Waals surface area (Å²) in [6.45, 7) is 2.09. The first-order valence-electron chi connectivity index (χ1n) is 4.74. The molecule has 0 bridgehead atoms. The molecule has 72 valence electrons. The summed E-state index contributed by atoms with van der Waals surface area (Å²) >= 11 is 0. The quantitative estimate of drug-likeness (QED) is 0.649. The molecule has 1 aromatic rings. The topological polar surface area (TPSA) is 49.8 Å². The van der Waals surface area contributed by atoms with Gasteiger partial charge in [0.15, 0.2) is 0 Å². The third-order valence-corrected chi connectivity index (χ3v) is 2.64. The molecule has 1 fully saturated rings. The van der Waals surface area contributed by atoms with Crippen LogP contribution < -0.4 is 10.9 Å². The summed E-state index contributed by atoms with van der Waals surface area (Å²) in [5.74, 6) is 0.489. The molecule has 0 radical (unpaired) electrons. The predicted octanol–water partition coefficient (Wildman–Crippen LogP) is 0.180. The zero-order valence-electron chi connectivity index (χ0n) is 7.84. The summed E-state index contributed by atoms with van der Waals surface area (Å²) in [5.41, 5.74) is 1.13. The molecule has 1 saturated heterocycles. The maximum Gasteiger partial charge on any atom is 0.266 e. The van der Waals surface area contributed by atoms with E-state index in [4.69, 9.17) is 0 Å². The van der Waals surface area contributed by atoms with Crippen LogP contribution in [0.25, 0.3) is 0 Å². The van der Waals surface area contributed by atoms with Gasteiger partial charge in [-0.2, -0.15) is 0 Å². The fourth-order valence-electron chi connectivity index (χ4n) is 1.84. The van der Waals surface area contributed by atoms with Gasteiger partial charge in [-0.05, 0) is 19.4 Å². The van der Waals surface area contributed by atoms with E-state index >= 15 is 0 Å². The Labute approximate surface area is 76.9 Å². The highest BCUT2D eigenvalue weighted by Crippen LogP contribution is 2.19. The highest BCUT2D eigenvalue weighted by atomic mass is 16.1. The van der Waals surface area contributed by atoms with E-state index in [1.807, 2.05) is 0 Å². The number of aromatic amines is 1. The number of hydrogen-bond acceptors (Lipinski definition) is 2. The number of nitrogens with one attached hydrogen (secondary N) is 2. The minimum Gasteiger partial charge on any atom is -0.316 e. The lowest BCUT2D eigenvalue weighted by Gasteiger charge is -2.21. The maximum absolute atomic E-state index is 11.2. The molecular formula is C9H15N3O. The van der Waals surface area contributed by atoms with E-state index in [0.29, 0.717) is 5.92 Å². The van der Waals surface area contributed by atoms with Crippen LogP contribution >= 0.6 is 0 Å². The average Bonchev–Trinajstić information content (AvgIpc) is 2.49. The molecule has 1 atom stereocenters. The molecule has 0 aromatic carbocycles. The molecule has 0 saturated carbocycles. The first-order valence-corrected chi connectivity index (χ1v) is 4.74.